The zero-order valence-electron chi connectivity index (χ0n) is 11.0. The van der Waals surface area contributed by atoms with Crippen molar-refractivity contribution >= 4 is 17.6 Å². The number of carbonyl (C=O) groups excluding carboxylic acids is 1. The Kier molecular flexibility index (Phi) is 5.12. The van der Waals surface area contributed by atoms with Gasteiger partial charge in [0, 0.05) is 12.5 Å². The van der Waals surface area contributed by atoms with E-state index in [1.165, 1.54) is 0 Å². The summed E-state index contributed by atoms with van der Waals surface area (Å²) in [6.45, 7) is 6.18. The molecule has 0 aromatic heterocycles. The van der Waals surface area contributed by atoms with Crippen molar-refractivity contribution in [3.05, 3.63) is 0 Å². The highest BCUT2D eigenvalue weighted by molar-refractivity contribution is 6.36. The van der Waals surface area contributed by atoms with E-state index >= 15 is 0 Å². The van der Waals surface area contributed by atoms with Crippen molar-refractivity contribution in [2.75, 3.05) is 0 Å². The number of carbonyl (C=O) groups is 2. The molecule has 18 heavy (non-hydrogen) atoms. The van der Waals surface area contributed by atoms with Crippen LogP contribution in [0.15, 0.2) is 5.16 Å². The van der Waals surface area contributed by atoms with Crippen LogP contribution in [0.3, 0.4) is 0 Å². The van der Waals surface area contributed by atoms with E-state index in [1.54, 1.807) is 0 Å². The molecule has 0 saturated heterocycles. The maximum Gasteiger partial charge on any atom is 0.353 e. The molecule has 0 aromatic carbocycles. The molecule has 1 aliphatic rings. The van der Waals surface area contributed by atoms with Crippen molar-refractivity contribution in [3.8, 4) is 0 Å². The van der Waals surface area contributed by atoms with Crippen molar-refractivity contribution in [1.29, 1.82) is 0 Å². The largest absolute Gasteiger partial charge is 0.477 e. The maximum absolute atomic E-state index is 11.8. The van der Waals surface area contributed by atoms with E-state index in [0.29, 0.717) is 5.92 Å². The van der Waals surface area contributed by atoms with Gasteiger partial charge in [-0.15, -0.1) is 0 Å². The van der Waals surface area contributed by atoms with E-state index in [0.717, 1.165) is 12.8 Å². The molecule has 2 N–H and O–H groups in total. The fraction of sp³-hybridized carbons (Fsp3) is 0.750. The molecule has 1 aliphatic heterocycles. The zero-order valence-corrected chi connectivity index (χ0v) is 11.0. The van der Waals surface area contributed by atoms with Crippen LogP contribution in [-0.4, -0.2) is 34.8 Å². The van der Waals surface area contributed by atoms with Crippen LogP contribution < -0.4 is 5.32 Å². The molecule has 6 heteroatoms. The summed E-state index contributed by atoms with van der Waals surface area (Å²) in [6.07, 6.45) is 1.14. The van der Waals surface area contributed by atoms with Gasteiger partial charge in [-0.2, -0.15) is 0 Å². The molecule has 0 radical (unpaired) electrons. The molecule has 0 bridgehead atoms. The minimum Gasteiger partial charge on any atom is -0.477 e. The third-order valence-corrected chi connectivity index (χ3v) is 2.77. The van der Waals surface area contributed by atoms with E-state index in [1.807, 2.05) is 6.92 Å². The molecule has 0 fully saturated rings. The van der Waals surface area contributed by atoms with Gasteiger partial charge in [-0.25, -0.2) is 4.79 Å². The molecule has 2 unspecified atom stereocenters. The van der Waals surface area contributed by atoms with Crippen molar-refractivity contribution in [2.24, 2.45) is 11.1 Å². The Balaban J connectivity index is 2.32. The zero-order chi connectivity index (χ0) is 13.7. The number of nitrogens with zero attached hydrogens (tertiary/aromatic N) is 1. The minimum absolute atomic E-state index is 0.0259. The lowest BCUT2D eigenvalue weighted by molar-refractivity contribution is -0.132. The lowest BCUT2D eigenvalue weighted by Gasteiger charge is -2.16. The minimum atomic E-state index is -1.14. The SMILES string of the molecule is CC(C)CCC(C)NC(=O)C1CC(C(=O)O)=NO1. The number of hydrogen-bond acceptors (Lipinski definition) is 4. The molecule has 0 spiro atoms. The highest BCUT2D eigenvalue weighted by Gasteiger charge is 2.31. The highest BCUT2D eigenvalue weighted by Crippen LogP contribution is 2.12. The van der Waals surface area contributed by atoms with Crippen LogP contribution in [-0.2, 0) is 14.4 Å². The van der Waals surface area contributed by atoms with E-state index in [2.05, 4.69) is 24.3 Å². The lowest BCUT2D eigenvalue weighted by atomic mass is 10.0. The second kappa shape index (κ2) is 6.37. The summed E-state index contributed by atoms with van der Waals surface area (Å²) >= 11 is 0. The summed E-state index contributed by atoms with van der Waals surface area (Å²) < 4.78 is 0. The van der Waals surface area contributed by atoms with E-state index in [9.17, 15) is 9.59 Å². The molecular formula is C12H20N2O4. The van der Waals surface area contributed by atoms with Crippen molar-refractivity contribution in [3.63, 3.8) is 0 Å². The van der Waals surface area contributed by atoms with Gasteiger partial charge in [-0.3, -0.25) is 4.79 Å². The summed E-state index contributed by atoms with van der Waals surface area (Å²) in [6, 6.07) is 0.0531. The average Bonchev–Trinajstić information content (AvgIpc) is 2.75. The van der Waals surface area contributed by atoms with Crippen LogP contribution >= 0.6 is 0 Å². The van der Waals surface area contributed by atoms with Gasteiger partial charge in [0.05, 0.1) is 0 Å². The molecule has 1 rings (SSSR count). The fourth-order valence-corrected chi connectivity index (χ4v) is 1.64. The third-order valence-electron chi connectivity index (χ3n) is 2.77. The molecular weight excluding hydrogens is 236 g/mol. The number of hydrogen-bond donors (Lipinski definition) is 2. The Morgan fingerprint density at radius 2 is 2.11 bits per heavy atom. The fourth-order valence-electron chi connectivity index (χ4n) is 1.64. The number of carboxylic acids is 1. The summed E-state index contributed by atoms with van der Waals surface area (Å²) in [5.41, 5.74) is -0.106. The first-order chi connectivity index (χ1) is 8.40. The standard InChI is InChI=1S/C12H20N2O4/c1-7(2)4-5-8(3)13-11(15)10-6-9(12(16)17)14-18-10/h7-8,10H,4-6H2,1-3H3,(H,13,15)(H,16,17). The normalized spacial score (nSPS) is 20.2. The molecule has 1 amide bonds. The summed E-state index contributed by atoms with van der Waals surface area (Å²) in [4.78, 5) is 27.2. The summed E-state index contributed by atoms with van der Waals surface area (Å²) in [5.74, 6) is -0.849. The molecule has 1 heterocycles. The summed E-state index contributed by atoms with van der Waals surface area (Å²) in [5, 5.41) is 14.9. The quantitative estimate of drug-likeness (QED) is 0.746. The molecule has 2 atom stereocenters. The van der Waals surface area contributed by atoms with Crippen LogP contribution in [0.5, 0.6) is 0 Å². The number of rotatable bonds is 6. The van der Waals surface area contributed by atoms with Gasteiger partial charge >= 0.3 is 5.97 Å². The molecule has 0 aromatic rings. The number of nitrogens with one attached hydrogen (secondary N) is 1. The Morgan fingerprint density at radius 3 is 2.61 bits per heavy atom. The van der Waals surface area contributed by atoms with Crippen molar-refractivity contribution < 1.29 is 19.5 Å². The number of oxime groups is 1. The second-order valence-electron chi connectivity index (χ2n) is 5.02. The Bertz CT molecular complexity index is 352. The van der Waals surface area contributed by atoms with E-state index in [4.69, 9.17) is 9.94 Å². The van der Waals surface area contributed by atoms with Gasteiger partial charge in [0.1, 0.15) is 0 Å². The van der Waals surface area contributed by atoms with E-state index in [-0.39, 0.29) is 24.1 Å². The molecule has 6 nitrogen and oxygen atoms in total. The lowest BCUT2D eigenvalue weighted by Crippen LogP contribution is -2.40. The van der Waals surface area contributed by atoms with Crippen LogP contribution in [0.25, 0.3) is 0 Å². The average molecular weight is 256 g/mol. The number of carboxylic acid groups (broad SMARTS) is 1. The van der Waals surface area contributed by atoms with Gasteiger partial charge in [0.15, 0.2) is 5.71 Å². The Hall–Kier alpha value is -1.59. The summed E-state index contributed by atoms with van der Waals surface area (Å²) in [7, 11) is 0. The maximum atomic E-state index is 11.8. The van der Waals surface area contributed by atoms with Crippen LogP contribution in [0.4, 0.5) is 0 Å². The number of amides is 1. The van der Waals surface area contributed by atoms with Gasteiger partial charge in [-0.1, -0.05) is 19.0 Å². The van der Waals surface area contributed by atoms with Gasteiger partial charge < -0.3 is 15.3 Å². The second-order valence-corrected chi connectivity index (χ2v) is 5.02. The van der Waals surface area contributed by atoms with Gasteiger partial charge in [-0.05, 0) is 25.7 Å². The molecule has 0 aliphatic carbocycles. The smallest absolute Gasteiger partial charge is 0.353 e. The number of aliphatic carboxylic acids is 1. The van der Waals surface area contributed by atoms with Crippen LogP contribution in [0.2, 0.25) is 0 Å². The first-order valence-electron chi connectivity index (χ1n) is 6.16. The topological polar surface area (TPSA) is 88.0 Å². The monoisotopic (exact) mass is 256 g/mol. The predicted molar refractivity (Wildman–Crippen MR) is 66.2 cm³/mol. The molecule has 102 valence electrons. The van der Waals surface area contributed by atoms with Crippen LogP contribution in [0, 0.1) is 5.92 Å². The third kappa shape index (κ3) is 4.35. The highest BCUT2D eigenvalue weighted by atomic mass is 16.6. The first-order valence-corrected chi connectivity index (χ1v) is 6.16. The van der Waals surface area contributed by atoms with E-state index < -0.39 is 12.1 Å². The first kappa shape index (κ1) is 14.5. The van der Waals surface area contributed by atoms with Gasteiger partial charge in [0.2, 0.25) is 6.10 Å². The van der Waals surface area contributed by atoms with Crippen LogP contribution in [0.1, 0.15) is 40.0 Å². The van der Waals surface area contributed by atoms with Gasteiger partial charge in [0.25, 0.3) is 5.91 Å². The Morgan fingerprint density at radius 1 is 1.44 bits per heavy atom. The van der Waals surface area contributed by atoms with Crippen molar-refractivity contribution in [2.45, 2.75) is 52.2 Å². The predicted octanol–water partition coefficient (Wildman–Crippen LogP) is 1.16. The Labute approximate surface area is 106 Å². The molecule has 0 saturated carbocycles. The van der Waals surface area contributed by atoms with Crippen molar-refractivity contribution in [1.82, 2.24) is 5.32 Å².